The third kappa shape index (κ3) is 4.01. The Morgan fingerprint density at radius 1 is 1.39 bits per heavy atom. The number of carbonyl (C=O) groups is 1. The molecule has 18 heavy (non-hydrogen) atoms. The molecular formula is C11H14NO4S2-. The van der Waals surface area contributed by atoms with Crippen LogP contribution in [-0.4, -0.2) is 32.4 Å². The van der Waals surface area contributed by atoms with Gasteiger partial charge >= 0.3 is 0 Å². The van der Waals surface area contributed by atoms with E-state index >= 15 is 0 Å². The van der Waals surface area contributed by atoms with Gasteiger partial charge < -0.3 is 9.90 Å². The number of carbonyl (C=O) groups excluding carboxylic acids is 1. The number of benzene rings is 1. The molecule has 0 aliphatic heterocycles. The first kappa shape index (κ1) is 15.0. The summed E-state index contributed by atoms with van der Waals surface area (Å²) in [5, 5.41) is 10.8. The van der Waals surface area contributed by atoms with E-state index in [1.165, 1.54) is 23.9 Å². The summed E-state index contributed by atoms with van der Waals surface area (Å²) in [6.07, 6.45) is 1.69. The van der Waals surface area contributed by atoms with Crippen molar-refractivity contribution in [3.63, 3.8) is 0 Å². The van der Waals surface area contributed by atoms with Crippen LogP contribution in [0.4, 0.5) is 0 Å². The van der Waals surface area contributed by atoms with Gasteiger partial charge in [0.25, 0.3) is 0 Å². The Hall–Kier alpha value is -1.05. The molecule has 0 saturated heterocycles. The van der Waals surface area contributed by atoms with Gasteiger partial charge in [0.2, 0.25) is 10.0 Å². The molecule has 0 fully saturated rings. The van der Waals surface area contributed by atoms with Gasteiger partial charge in [0.15, 0.2) is 0 Å². The number of aryl methyl sites for hydroxylation is 1. The van der Waals surface area contributed by atoms with Crippen molar-refractivity contribution in [3.8, 4) is 0 Å². The lowest BCUT2D eigenvalue weighted by Crippen LogP contribution is -2.49. The molecule has 7 heteroatoms. The summed E-state index contributed by atoms with van der Waals surface area (Å²) in [5.41, 5.74) is 0.925. The number of carboxylic acids is 1. The lowest BCUT2D eigenvalue weighted by molar-refractivity contribution is -0.307. The summed E-state index contributed by atoms with van der Waals surface area (Å²) < 4.78 is 26.0. The third-order valence-corrected chi connectivity index (χ3v) is 4.40. The van der Waals surface area contributed by atoms with E-state index in [-0.39, 0.29) is 10.6 Å². The third-order valence-electron chi connectivity index (χ3n) is 2.25. The second kappa shape index (κ2) is 6.21. The van der Waals surface area contributed by atoms with Crippen LogP contribution in [0.2, 0.25) is 0 Å². The van der Waals surface area contributed by atoms with Crippen molar-refractivity contribution in [2.75, 3.05) is 12.0 Å². The zero-order valence-corrected chi connectivity index (χ0v) is 11.7. The number of rotatable bonds is 6. The first-order chi connectivity index (χ1) is 8.36. The van der Waals surface area contributed by atoms with Crippen LogP contribution in [0.5, 0.6) is 0 Å². The Balaban J connectivity index is 2.93. The van der Waals surface area contributed by atoms with Gasteiger partial charge in [0.1, 0.15) is 0 Å². The van der Waals surface area contributed by atoms with Gasteiger partial charge in [-0.25, -0.2) is 13.1 Å². The van der Waals surface area contributed by atoms with Gasteiger partial charge in [-0.05, 0) is 25.3 Å². The maximum absolute atomic E-state index is 11.9. The Morgan fingerprint density at radius 2 is 1.94 bits per heavy atom. The smallest absolute Gasteiger partial charge is 0.241 e. The van der Waals surface area contributed by atoms with E-state index in [1.54, 1.807) is 18.4 Å². The topological polar surface area (TPSA) is 86.3 Å². The number of hydrogen-bond acceptors (Lipinski definition) is 5. The molecule has 0 aliphatic carbocycles. The van der Waals surface area contributed by atoms with E-state index in [0.717, 1.165) is 5.56 Å². The molecule has 0 aromatic heterocycles. The predicted octanol–water partition coefficient (Wildman–Crippen LogP) is -0.245. The average molecular weight is 288 g/mol. The summed E-state index contributed by atoms with van der Waals surface area (Å²) in [4.78, 5) is 10.8. The van der Waals surface area contributed by atoms with Gasteiger partial charge in [-0.1, -0.05) is 17.7 Å². The van der Waals surface area contributed by atoms with Gasteiger partial charge in [-0.2, -0.15) is 11.8 Å². The Labute approximate surface area is 111 Å². The molecule has 0 bridgehead atoms. The number of aliphatic carboxylic acids is 1. The fourth-order valence-corrected chi connectivity index (χ4v) is 3.13. The normalized spacial score (nSPS) is 13.2. The summed E-state index contributed by atoms with van der Waals surface area (Å²) in [5.74, 6) is -1.31. The fraction of sp³-hybridized carbons (Fsp3) is 0.364. The zero-order valence-electron chi connectivity index (χ0n) is 10.0. The summed E-state index contributed by atoms with van der Waals surface area (Å²) in [6.45, 7) is 1.83. The van der Waals surface area contributed by atoms with Crippen molar-refractivity contribution in [1.82, 2.24) is 4.72 Å². The van der Waals surface area contributed by atoms with E-state index in [2.05, 4.69) is 4.72 Å². The Morgan fingerprint density at radius 3 is 2.39 bits per heavy atom. The number of nitrogens with one attached hydrogen (secondary N) is 1. The molecule has 0 heterocycles. The predicted molar refractivity (Wildman–Crippen MR) is 68.7 cm³/mol. The Bertz CT molecular complexity index is 510. The highest BCUT2D eigenvalue weighted by Gasteiger charge is 2.20. The molecule has 1 aromatic carbocycles. The minimum absolute atomic E-state index is 0.0421. The van der Waals surface area contributed by atoms with Crippen molar-refractivity contribution >= 4 is 27.8 Å². The molecule has 1 aromatic rings. The Kier molecular flexibility index (Phi) is 5.18. The summed E-state index contributed by atoms with van der Waals surface area (Å²) >= 11 is 1.23. The highest BCUT2D eigenvalue weighted by atomic mass is 32.2. The minimum atomic E-state index is -3.83. The number of hydrogen-bond donors (Lipinski definition) is 1. The standard InChI is InChI=1S/C11H15NO4S2/c1-8-3-5-9(6-4-8)18(15,16)12-10(7-17-2)11(13)14/h3-6,10,12H,7H2,1-2H3,(H,13,14)/p-1/t10-/m1/s1. The molecule has 0 aliphatic rings. The maximum Gasteiger partial charge on any atom is 0.241 e. The molecule has 0 spiro atoms. The van der Waals surface area contributed by atoms with Crippen LogP contribution in [0.15, 0.2) is 29.2 Å². The van der Waals surface area contributed by atoms with Crippen molar-refractivity contribution < 1.29 is 18.3 Å². The van der Waals surface area contributed by atoms with Crippen LogP contribution in [-0.2, 0) is 14.8 Å². The number of carboxylic acid groups (broad SMARTS) is 1. The van der Waals surface area contributed by atoms with Crippen molar-refractivity contribution in [2.45, 2.75) is 17.9 Å². The van der Waals surface area contributed by atoms with Crippen LogP contribution in [0.1, 0.15) is 5.56 Å². The summed E-state index contributed by atoms with van der Waals surface area (Å²) in [7, 11) is -3.83. The highest BCUT2D eigenvalue weighted by Crippen LogP contribution is 2.11. The largest absolute Gasteiger partial charge is 0.548 e. The minimum Gasteiger partial charge on any atom is -0.548 e. The lowest BCUT2D eigenvalue weighted by atomic mass is 10.2. The maximum atomic E-state index is 11.9. The highest BCUT2D eigenvalue weighted by molar-refractivity contribution is 7.98. The van der Waals surface area contributed by atoms with E-state index in [0.29, 0.717) is 0 Å². The number of thioether (sulfide) groups is 1. The van der Waals surface area contributed by atoms with Gasteiger partial charge in [0, 0.05) is 5.75 Å². The zero-order chi connectivity index (χ0) is 13.8. The van der Waals surface area contributed by atoms with Crippen LogP contribution in [0.25, 0.3) is 0 Å². The lowest BCUT2D eigenvalue weighted by Gasteiger charge is -2.18. The van der Waals surface area contributed by atoms with Gasteiger partial charge in [0.05, 0.1) is 16.9 Å². The van der Waals surface area contributed by atoms with Gasteiger partial charge in [-0.3, -0.25) is 0 Å². The van der Waals surface area contributed by atoms with Crippen LogP contribution in [0, 0.1) is 6.92 Å². The second-order valence-electron chi connectivity index (χ2n) is 3.76. The average Bonchev–Trinajstić information content (AvgIpc) is 2.28. The monoisotopic (exact) mass is 288 g/mol. The molecule has 0 radical (unpaired) electrons. The first-order valence-corrected chi connectivity index (χ1v) is 8.03. The molecule has 1 N–H and O–H groups in total. The van der Waals surface area contributed by atoms with Crippen molar-refractivity contribution in [2.24, 2.45) is 0 Å². The molecule has 0 unspecified atom stereocenters. The summed E-state index contributed by atoms with van der Waals surface area (Å²) in [6, 6.07) is 4.94. The molecule has 100 valence electrons. The van der Waals surface area contributed by atoms with Crippen molar-refractivity contribution in [3.05, 3.63) is 29.8 Å². The molecule has 0 amide bonds. The van der Waals surface area contributed by atoms with E-state index in [1.807, 2.05) is 6.92 Å². The fourth-order valence-electron chi connectivity index (χ4n) is 1.29. The molecule has 5 nitrogen and oxygen atoms in total. The quantitative estimate of drug-likeness (QED) is 0.780. The van der Waals surface area contributed by atoms with E-state index < -0.39 is 22.0 Å². The number of sulfonamides is 1. The SMILES string of the molecule is CSC[C@@H](NS(=O)(=O)c1ccc(C)cc1)C(=O)[O-]. The van der Waals surface area contributed by atoms with Crippen LogP contribution >= 0.6 is 11.8 Å². The van der Waals surface area contributed by atoms with E-state index in [9.17, 15) is 18.3 Å². The molecule has 1 atom stereocenters. The van der Waals surface area contributed by atoms with Crippen LogP contribution in [0.3, 0.4) is 0 Å². The molecule has 0 saturated carbocycles. The molecule has 1 rings (SSSR count). The van der Waals surface area contributed by atoms with Gasteiger partial charge in [-0.15, -0.1) is 0 Å². The first-order valence-electron chi connectivity index (χ1n) is 5.15. The van der Waals surface area contributed by atoms with Crippen LogP contribution < -0.4 is 9.83 Å². The molecular weight excluding hydrogens is 274 g/mol. The van der Waals surface area contributed by atoms with Crippen molar-refractivity contribution in [1.29, 1.82) is 0 Å². The second-order valence-corrected chi connectivity index (χ2v) is 6.39. The van der Waals surface area contributed by atoms with E-state index in [4.69, 9.17) is 0 Å².